The highest BCUT2D eigenvalue weighted by molar-refractivity contribution is 6.06. The number of carbonyl (C=O) groups is 3. The van der Waals surface area contributed by atoms with Crippen molar-refractivity contribution in [3.63, 3.8) is 0 Å². The van der Waals surface area contributed by atoms with Crippen LogP contribution in [-0.2, 0) is 23.8 Å². The molecule has 0 spiro atoms. The number of nitriles is 1. The number of allylic oxidation sites excluding steroid dienone is 1. The Morgan fingerprint density at radius 1 is 0.914 bits per heavy atom. The molecule has 2 aromatic carbocycles. The van der Waals surface area contributed by atoms with E-state index in [2.05, 4.69) is 6.07 Å². The lowest BCUT2D eigenvalue weighted by Gasteiger charge is -2.36. The molecule has 0 bridgehead atoms. The van der Waals surface area contributed by atoms with Crippen LogP contribution in [0.25, 0.3) is 0 Å². The number of nitrogens with zero attached hydrogens (tertiary/aromatic N) is 2. The number of carbonyl (C=O) groups excluding carboxylic acids is 3. The summed E-state index contributed by atoms with van der Waals surface area (Å²) < 4.78 is 20.1. The van der Waals surface area contributed by atoms with Crippen LogP contribution in [0.1, 0.15) is 21.8 Å². The van der Waals surface area contributed by atoms with Crippen LogP contribution in [0.3, 0.4) is 0 Å². The van der Waals surface area contributed by atoms with E-state index in [0.29, 0.717) is 5.56 Å². The zero-order valence-corrected chi connectivity index (χ0v) is 19.5. The van der Waals surface area contributed by atoms with Crippen LogP contribution in [0.15, 0.2) is 71.2 Å². The minimum Gasteiger partial charge on any atom is -0.496 e. The average Bonchev–Trinajstić information content (AvgIpc) is 2.90. The molecule has 0 aliphatic carbocycles. The van der Waals surface area contributed by atoms with E-state index in [1.165, 1.54) is 44.4 Å². The summed E-state index contributed by atoms with van der Waals surface area (Å²) >= 11 is 0. The molecule has 1 heterocycles. The molecule has 1 unspecified atom stereocenters. The van der Waals surface area contributed by atoms with E-state index in [1.807, 2.05) is 0 Å². The Bertz CT molecular complexity index is 1280. The summed E-state index contributed by atoms with van der Waals surface area (Å²) in [6.07, 6.45) is 0. The largest absolute Gasteiger partial charge is 0.496 e. The third-order valence-corrected chi connectivity index (χ3v) is 5.46. The van der Waals surface area contributed by atoms with E-state index >= 15 is 0 Å². The summed E-state index contributed by atoms with van der Waals surface area (Å²) in [5.41, 5.74) is 7.00. The van der Waals surface area contributed by atoms with Gasteiger partial charge in [0.2, 0.25) is 0 Å². The second-order valence-electron chi connectivity index (χ2n) is 7.21. The van der Waals surface area contributed by atoms with Crippen molar-refractivity contribution in [3.8, 4) is 11.8 Å². The molecule has 2 aromatic rings. The highest BCUT2D eigenvalue weighted by atomic mass is 16.5. The second-order valence-corrected chi connectivity index (χ2v) is 7.21. The Kier molecular flexibility index (Phi) is 7.41. The summed E-state index contributed by atoms with van der Waals surface area (Å²) in [6, 6.07) is 15.0. The zero-order valence-electron chi connectivity index (χ0n) is 19.5. The predicted molar refractivity (Wildman–Crippen MR) is 124 cm³/mol. The van der Waals surface area contributed by atoms with Gasteiger partial charge in [-0.15, -0.1) is 0 Å². The third-order valence-electron chi connectivity index (χ3n) is 5.46. The van der Waals surface area contributed by atoms with Gasteiger partial charge in [0.25, 0.3) is 0 Å². The molecule has 35 heavy (non-hydrogen) atoms. The van der Waals surface area contributed by atoms with Gasteiger partial charge < -0.3 is 24.7 Å². The average molecular weight is 477 g/mol. The molecule has 3 rings (SSSR count). The highest BCUT2D eigenvalue weighted by Crippen LogP contribution is 2.43. The number of esters is 3. The Labute approximate surface area is 201 Å². The molecular weight excluding hydrogens is 454 g/mol. The van der Waals surface area contributed by atoms with Crippen molar-refractivity contribution >= 4 is 23.6 Å². The molecule has 0 fully saturated rings. The SMILES string of the molecule is COC(=O)C1=C(C(=O)OC)N(c2ccc(C(=O)OC)c(OC)c2)C(N)=C(C#N)C1c1ccccc1. The van der Waals surface area contributed by atoms with Crippen molar-refractivity contribution in [2.24, 2.45) is 5.73 Å². The van der Waals surface area contributed by atoms with E-state index in [4.69, 9.17) is 24.7 Å². The van der Waals surface area contributed by atoms with Gasteiger partial charge in [-0.3, -0.25) is 4.90 Å². The number of benzene rings is 2. The van der Waals surface area contributed by atoms with Gasteiger partial charge in [-0.05, 0) is 17.7 Å². The Morgan fingerprint density at radius 2 is 1.54 bits per heavy atom. The fourth-order valence-corrected chi connectivity index (χ4v) is 3.88. The lowest BCUT2D eigenvalue weighted by Crippen LogP contribution is -2.40. The smallest absolute Gasteiger partial charge is 0.355 e. The first-order valence-electron chi connectivity index (χ1n) is 10.3. The number of hydrogen-bond acceptors (Lipinski definition) is 10. The van der Waals surface area contributed by atoms with Crippen LogP contribution in [0, 0.1) is 11.3 Å². The molecule has 0 saturated carbocycles. The van der Waals surface area contributed by atoms with Crippen molar-refractivity contribution in [1.82, 2.24) is 0 Å². The van der Waals surface area contributed by atoms with Crippen LogP contribution < -0.4 is 15.4 Å². The van der Waals surface area contributed by atoms with E-state index in [0.717, 1.165) is 7.11 Å². The van der Waals surface area contributed by atoms with Crippen LogP contribution in [0.5, 0.6) is 5.75 Å². The second kappa shape index (κ2) is 10.4. The van der Waals surface area contributed by atoms with Crippen molar-refractivity contribution in [2.75, 3.05) is 33.3 Å². The van der Waals surface area contributed by atoms with Gasteiger partial charge in [-0.25, -0.2) is 14.4 Å². The molecule has 10 heteroatoms. The van der Waals surface area contributed by atoms with Gasteiger partial charge in [0, 0.05) is 6.07 Å². The molecule has 1 atom stereocenters. The Hall–Kier alpha value is -4.78. The molecule has 0 aromatic heterocycles. The summed E-state index contributed by atoms with van der Waals surface area (Å²) in [4.78, 5) is 39.5. The molecule has 1 aliphatic heterocycles. The fraction of sp³-hybridized carbons (Fsp3) is 0.200. The number of nitrogens with two attached hydrogens (primary N) is 1. The van der Waals surface area contributed by atoms with Crippen LogP contribution in [-0.4, -0.2) is 46.3 Å². The van der Waals surface area contributed by atoms with Crippen LogP contribution >= 0.6 is 0 Å². The first kappa shape index (κ1) is 24.9. The molecule has 2 N–H and O–H groups in total. The van der Waals surface area contributed by atoms with E-state index in [-0.39, 0.29) is 39.7 Å². The lowest BCUT2D eigenvalue weighted by atomic mass is 9.81. The van der Waals surface area contributed by atoms with Crippen LogP contribution in [0.2, 0.25) is 0 Å². The van der Waals surface area contributed by atoms with Gasteiger partial charge in [0.15, 0.2) is 0 Å². The zero-order chi connectivity index (χ0) is 25.7. The van der Waals surface area contributed by atoms with Crippen LogP contribution in [0.4, 0.5) is 5.69 Å². The molecule has 10 nitrogen and oxygen atoms in total. The molecule has 0 amide bonds. The van der Waals surface area contributed by atoms with Gasteiger partial charge in [-0.1, -0.05) is 30.3 Å². The van der Waals surface area contributed by atoms with Gasteiger partial charge >= 0.3 is 17.9 Å². The van der Waals surface area contributed by atoms with Crippen molar-refractivity contribution in [3.05, 3.63) is 82.3 Å². The summed E-state index contributed by atoms with van der Waals surface area (Å²) in [5, 5.41) is 10.1. The summed E-state index contributed by atoms with van der Waals surface area (Å²) in [6.45, 7) is 0. The maximum atomic E-state index is 13.1. The first-order valence-corrected chi connectivity index (χ1v) is 10.3. The standard InChI is InChI=1S/C25H23N3O7/c1-32-18-12-15(10-11-16(18)23(29)33-2)28-21(25(31)35-4)20(24(30)34-3)19(17(13-26)22(28)27)14-8-6-5-7-9-14/h5-12,19H,27H2,1-4H3. The predicted octanol–water partition coefficient (Wildman–Crippen LogP) is 2.38. The van der Waals surface area contributed by atoms with E-state index in [1.54, 1.807) is 30.3 Å². The molecular formula is C25H23N3O7. The number of anilines is 1. The molecule has 1 aliphatic rings. The molecule has 0 saturated heterocycles. The van der Waals surface area contributed by atoms with Gasteiger partial charge in [0.1, 0.15) is 22.8 Å². The monoisotopic (exact) mass is 477 g/mol. The summed E-state index contributed by atoms with van der Waals surface area (Å²) in [7, 11) is 4.90. The maximum Gasteiger partial charge on any atom is 0.355 e. The van der Waals surface area contributed by atoms with Gasteiger partial charge in [0.05, 0.1) is 57.3 Å². The maximum absolute atomic E-state index is 13.1. The number of methoxy groups -OCH3 is 4. The first-order chi connectivity index (χ1) is 16.8. The van der Waals surface area contributed by atoms with Crippen molar-refractivity contribution in [1.29, 1.82) is 5.26 Å². The van der Waals surface area contributed by atoms with E-state index < -0.39 is 23.8 Å². The Morgan fingerprint density at radius 3 is 2.09 bits per heavy atom. The van der Waals surface area contributed by atoms with Gasteiger partial charge in [-0.2, -0.15) is 5.26 Å². The number of hydrogen-bond donors (Lipinski definition) is 1. The quantitative estimate of drug-likeness (QED) is 0.487. The third kappa shape index (κ3) is 4.39. The van der Waals surface area contributed by atoms with Crippen molar-refractivity contribution < 1.29 is 33.3 Å². The number of ether oxygens (including phenoxy) is 4. The number of rotatable bonds is 6. The highest BCUT2D eigenvalue weighted by Gasteiger charge is 2.43. The minimum atomic E-state index is -0.991. The van der Waals surface area contributed by atoms with Crippen molar-refractivity contribution in [2.45, 2.75) is 5.92 Å². The van der Waals surface area contributed by atoms with E-state index in [9.17, 15) is 19.6 Å². The normalized spacial score (nSPS) is 15.3. The summed E-state index contributed by atoms with van der Waals surface area (Å²) in [5.74, 6) is -3.35. The fourth-order valence-electron chi connectivity index (χ4n) is 3.88. The topological polar surface area (TPSA) is 141 Å². The Balaban J connectivity index is 2.39. The molecule has 0 radical (unpaired) electrons. The molecule has 180 valence electrons. The minimum absolute atomic E-state index is 0.0141. The lowest BCUT2D eigenvalue weighted by molar-refractivity contribution is -0.139.